The number of nitrogens with zero attached hydrogens (tertiary/aromatic N) is 5. The Hall–Kier alpha value is -2.45. The molecule has 2 aliphatic rings. The number of likely N-dealkylation sites (N-methyl/N-ethyl adjacent to an activating group) is 1. The molecule has 118 valence electrons. The van der Waals surface area contributed by atoms with Crippen molar-refractivity contribution in [3.63, 3.8) is 0 Å². The van der Waals surface area contributed by atoms with Crippen molar-refractivity contribution in [2.45, 2.75) is 19.4 Å². The molecule has 0 saturated carbocycles. The lowest BCUT2D eigenvalue weighted by atomic mass is 10.1. The van der Waals surface area contributed by atoms with Gasteiger partial charge in [0.2, 0.25) is 17.7 Å². The Kier molecular flexibility index (Phi) is 3.55. The van der Waals surface area contributed by atoms with Crippen LogP contribution < -0.4 is 0 Å². The highest BCUT2D eigenvalue weighted by Crippen LogP contribution is 2.18. The molecule has 0 aromatic carbocycles. The second-order valence-electron chi connectivity index (χ2n) is 5.61. The van der Waals surface area contributed by atoms with Crippen LogP contribution >= 0.6 is 0 Å². The fourth-order valence-electron chi connectivity index (χ4n) is 2.81. The lowest BCUT2D eigenvalue weighted by molar-refractivity contribution is -0.160. The first-order valence-corrected chi connectivity index (χ1v) is 7.07. The van der Waals surface area contributed by atoms with Gasteiger partial charge in [-0.3, -0.25) is 14.4 Å². The normalized spacial score (nSPS) is 22.1. The molecule has 1 atom stereocenters. The van der Waals surface area contributed by atoms with Crippen LogP contribution in [0.4, 0.5) is 0 Å². The van der Waals surface area contributed by atoms with Gasteiger partial charge in [-0.25, -0.2) is 4.63 Å². The van der Waals surface area contributed by atoms with E-state index in [4.69, 9.17) is 0 Å². The molecule has 2 fully saturated rings. The molecule has 1 aromatic rings. The number of fused-ring (bicyclic) bond motifs is 1. The van der Waals surface area contributed by atoms with E-state index in [1.54, 1.807) is 23.8 Å². The molecular weight excluding hydrogens is 290 g/mol. The Morgan fingerprint density at radius 2 is 2.09 bits per heavy atom. The van der Waals surface area contributed by atoms with Gasteiger partial charge in [0.25, 0.3) is 0 Å². The predicted octanol–water partition coefficient (Wildman–Crippen LogP) is -1.57. The van der Waals surface area contributed by atoms with Crippen LogP contribution in [0.15, 0.2) is 4.63 Å². The second-order valence-corrected chi connectivity index (χ2v) is 5.61. The van der Waals surface area contributed by atoms with Gasteiger partial charge in [-0.15, -0.1) is 0 Å². The number of amides is 3. The van der Waals surface area contributed by atoms with Crippen LogP contribution in [0.2, 0.25) is 0 Å². The van der Waals surface area contributed by atoms with E-state index < -0.39 is 6.04 Å². The van der Waals surface area contributed by atoms with E-state index in [0.29, 0.717) is 24.5 Å². The van der Waals surface area contributed by atoms with Crippen molar-refractivity contribution >= 4 is 17.7 Å². The zero-order chi connectivity index (χ0) is 15.9. The third kappa shape index (κ3) is 2.42. The van der Waals surface area contributed by atoms with Crippen molar-refractivity contribution < 1.29 is 19.0 Å². The molecule has 3 amide bonds. The molecule has 1 aromatic heterocycles. The molecule has 0 unspecified atom stereocenters. The fraction of sp³-hybridized carbons (Fsp3) is 0.615. The van der Waals surface area contributed by atoms with Gasteiger partial charge in [-0.05, 0) is 6.92 Å². The lowest BCUT2D eigenvalue weighted by Gasteiger charge is -2.45. The van der Waals surface area contributed by atoms with Gasteiger partial charge in [0.1, 0.15) is 17.4 Å². The Labute approximate surface area is 126 Å². The third-order valence-electron chi connectivity index (χ3n) is 4.15. The summed E-state index contributed by atoms with van der Waals surface area (Å²) < 4.78 is 4.58. The van der Waals surface area contributed by atoms with E-state index in [-0.39, 0.29) is 37.2 Å². The molecule has 0 aliphatic carbocycles. The van der Waals surface area contributed by atoms with Gasteiger partial charge in [0, 0.05) is 20.1 Å². The Bertz CT molecular complexity index is 628. The average molecular weight is 307 g/mol. The maximum Gasteiger partial charge on any atom is 0.247 e. The van der Waals surface area contributed by atoms with Gasteiger partial charge >= 0.3 is 0 Å². The topological polar surface area (TPSA) is 99.8 Å². The molecule has 2 aliphatic heterocycles. The molecular formula is C13H17N5O4. The molecule has 9 nitrogen and oxygen atoms in total. The molecule has 3 heterocycles. The van der Waals surface area contributed by atoms with Crippen LogP contribution in [-0.2, 0) is 20.8 Å². The fourth-order valence-corrected chi connectivity index (χ4v) is 2.81. The predicted molar refractivity (Wildman–Crippen MR) is 72.5 cm³/mol. The quantitative estimate of drug-likeness (QED) is 0.654. The highest BCUT2D eigenvalue weighted by Gasteiger charge is 2.42. The number of hydrogen-bond acceptors (Lipinski definition) is 6. The summed E-state index contributed by atoms with van der Waals surface area (Å²) in [7, 11) is 1.60. The smallest absolute Gasteiger partial charge is 0.247 e. The summed E-state index contributed by atoms with van der Waals surface area (Å²) in [6.45, 7) is 2.84. The number of hydrogen-bond donors (Lipinski definition) is 0. The van der Waals surface area contributed by atoms with Crippen molar-refractivity contribution in [2.75, 3.05) is 33.2 Å². The largest absolute Gasteiger partial charge is 0.338 e. The molecule has 0 bridgehead atoms. The highest BCUT2D eigenvalue weighted by molar-refractivity contribution is 5.95. The Morgan fingerprint density at radius 1 is 1.32 bits per heavy atom. The van der Waals surface area contributed by atoms with Crippen LogP contribution in [0.3, 0.4) is 0 Å². The van der Waals surface area contributed by atoms with Crippen molar-refractivity contribution in [3.05, 3.63) is 11.4 Å². The van der Waals surface area contributed by atoms with E-state index in [1.807, 2.05) is 0 Å². The lowest BCUT2D eigenvalue weighted by Crippen LogP contribution is -2.66. The number of carbonyl (C=O) groups is 3. The van der Waals surface area contributed by atoms with Gasteiger partial charge in [-0.2, -0.15) is 0 Å². The summed E-state index contributed by atoms with van der Waals surface area (Å²) in [5, 5.41) is 7.34. The first kappa shape index (κ1) is 14.5. The molecule has 0 radical (unpaired) electrons. The van der Waals surface area contributed by atoms with Gasteiger partial charge in [0.15, 0.2) is 0 Å². The van der Waals surface area contributed by atoms with Crippen molar-refractivity contribution in [1.82, 2.24) is 25.0 Å². The van der Waals surface area contributed by atoms with E-state index >= 15 is 0 Å². The maximum absolute atomic E-state index is 12.4. The number of piperazine rings is 2. The molecule has 22 heavy (non-hydrogen) atoms. The first-order chi connectivity index (χ1) is 10.5. The third-order valence-corrected chi connectivity index (χ3v) is 4.15. The van der Waals surface area contributed by atoms with Crippen LogP contribution in [0.5, 0.6) is 0 Å². The van der Waals surface area contributed by atoms with E-state index in [0.717, 1.165) is 0 Å². The summed E-state index contributed by atoms with van der Waals surface area (Å²) in [6.07, 6.45) is 0.0834. The molecule has 3 rings (SSSR count). The average Bonchev–Trinajstić information content (AvgIpc) is 2.89. The maximum atomic E-state index is 12.4. The van der Waals surface area contributed by atoms with Crippen molar-refractivity contribution in [1.29, 1.82) is 0 Å². The zero-order valence-electron chi connectivity index (χ0n) is 12.5. The second kappa shape index (κ2) is 5.39. The summed E-state index contributed by atoms with van der Waals surface area (Å²) in [5.74, 6) is -0.348. The minimum absolute atomic E-state index is 0.0734. The molecule has 9 heteroatoms. The summed E-state index contributed by atoms with van der Waals surface area (Å²) in [4.78, 5) is 41.1. The number of rotatable bonds is 2. The van der Waals surface area contributed by atoms with Gasteiger partial charge in [-0.1, -0.05) is 10.3 Å². The minimum Gasteiger partial charge on any atom is -0.338 e. The number of carbonyl (C=O) groups excluding carboxylic acids is 3. The van der Waals surface area contributed by atoms with Gasteiger partial charge in [0.05, 0.1) is 19.5 Å². The van der Waals surface area contributed by atoms with Gasteiger partial charge < -0.3 is 14.7 Å². The van der Waals surface area contributed by atoms with Crippen LogP contribution in [0.25, 0.3) is 0 Å². The zero-order valence-corrected chi connectivity index (χ0v) is 12.5. The molecule has 0 N–H and O–H groups in total. The minimum atomic E-state index is -0.583. The van der Waals surface area contributed by atoms with Crippen molar-refractivity contribution in [3.8, 4) is 0 Å². The summed E-state index contributed by atoms with van der Waals surface area (Å²) in [5.41, 5.74) is 1.08. The number of aryl methyl sites for hydroxylation is 1. The summed E-state index contributed by atoms with van der Waals surface area (Å²) in [6, 6.07) is -0.583. The molecule has 2 saturated heterocycles. The van der Waals surface area contributed by atoms with E-state index in [2.05, 4.69) is 14.9 Å². The van der Waals surface area contributed by atoms with Crippen LogP contribution in [0, 0.1) is 6.92 Å². The van der Waals surface area contributed by atoms with E-state index in [1.165, 1.54) is 4.90 Å². The molecule has 0 spiro atoms. The standard InChI is InChI=1S/C13H17N5O4/c1-8-9(15-22-14-8)5-11(19)17-3-4-18-10(6-17)13(21)16(2)7-12(18)20/h10H,3-7H2,1-2H3/t10-/m1/s1. The number of aromatic nitrogens is 2. The van der Waals surface area contributed by atoms with Crippen LogP contribution in [-0.4, -0.2) is 82.0 Å². The Balaban J connectivity index is 1.70. The van der Waals surface area contributed by atoms with E-state index in [9.17, 15) is 14.4 Å². The summed E-state index contributed by atoms with van der Waals surface area (Å²) >= 11 is 0. The van der Waals surface area contributed by atoms with Crippen LogP contribution in [0.1, 0.15) is 11.4 Å². The Morgan fingerprint density at radius 3 is 2.77 bits per heavy atom. The SMILES string of the molecule is Cc1nonc1CC(=O)N1CCN2C(=O)CN(C)C(=O)[C@H]2C1. The monoisotopic (exact) mass is 307 g/mol. The highest BCUT2D eigenvalue weighted by atomic mass is 16.6. The first-order valence-electron chi connectivity index (χ1n) is 7.07. The van der Waals surface area contributed by atoms with Crippen molar-refractivity contribution in [2.24, 2.45) is 0 Å².